The van der Waals surface area contributed by atoms with Crippen molar-refractivity contribution in [2.24, 2.45) is 0 Å². The third kappa shape index (κ3) is 5.77. The van der Waals surface area contributed by atoms with E-state index in [1.807, 2.05) is 25.1 Å². The molecule has 1 N–H and O–H groups in total. The maximum Gasteiger partial charge on any atom is 0.161 e. The lowest BCUT2D eigenvalue weighted by Gasteiger charge is -2.09. The van der Waals surface area contributed by atoms with Crippen molar-refractivity contribution in [1.29, 1.82) is 0 Å². The van der Waals surface area contributed by atoms with Crippen LogP contribution >= 0.6 is 0 Å². The Bertz CT molecular complexity index is 391. The molecule has 0 aliphatic carbocycles. The van der Waals surface area contributed by atoms with Gasteiger partial charge >= 0.3 is 0 Å². The number of hydrogen-bond donors (Lipinski definition) is 1. The highest BCUT2D eigenvalue weighted by molar-refractivity contribution is 5.56. The van der Waals surface area contributed by atoms with Crippen LogP contribution in [0.4, 0.5) is 0 Å². The van der Waals surface area contributed by atoms with Crippen LogP contribution in [-0.4, -0.2) is 40.5 Å². The lowest BCUT2D eigenvalue weighted by Crippen LogP contribution is -2.18. The molecule has 0 atom stereocenters. The Balaban J connectivity index is 2.51. The first kappa shape index (κ1) is 15.5. The molecular formula is C15H23NO3. The molecule has 1 aromatic carbocycles. The predicted molar refractivity (Wildman–Crippen MR) is 77.9 cm³/mol. The Morgan fingerprint density at radius 3 is 2.74 bits per heavy atom. The monoisotopic (exact) mass is 265 g/mol. The summed E-state index contributed by atoms with van der Waals surface area (Å²) in [5.74, 6) is 1.54. The Morgan fingerprint density at radius 2 is 2.05 bits per heavy atom. The van der Waals surface area contributed by atoms with E-state index in [4.69, 9.17) is 14.2 Å². The first-order valence-corrected chi connectivity index (χ1v) is 6.48. The smallest absolute Gasteiger partial charge is 0.161 e. The van der Waals surface area contributed by atoms with E-state index in [2.05, 4.69) is 17.5 Å². The van der Waals surface area contributed by atoms with Gasteiger partial charge in [0.15, 0.2) is 11.5 Å². The van der Waals surface area contributed by atoms with Gasteiger partial charge in [0.2, 0.25) is 0 Å². The fourth-order valence-corrected chi connectivity index (χ4v) is 1.62. The first-order chi connectivity index (χ1) is 9.31. The van der Waals surface area contributed by atoms with Gasteiger partial charge in [-0.1, -0.05) is 18.2 Å². The molecule has 4 nitrogen and oxygen atoms in total. The molecule has 0 amide bonds. The highest BCUT2D eigenvalue weighted by Gasteiger charge is 2.03. The van der Waals surface area contributed by atoms with Gasteiger partial charge in [-0.05, 0) is 24.6 Å². The van der Waals surface area contributed by atoms with Gasteiger partial charge in [0.05, 0.1) is 20.3 Å². The summed E-state index contributed by atoms with van der Waals surface area (Å²) in [5, 5.41) is 3.25. The van der Waals surface area contributed by atoms with Crippen molar-refractivity contribution in [3.8, 4) is 11.5 Å². The van der Waals surface area contributed by atoms with Crippen LogP contribution in [0.3, 0.4) is 0 Å². The van der Waals surface area contributed by atoms with Crippen molar-refractivity contribution in [3.05, 3.63) is 29.8 Å². The summed E-state index contributed by atoms with van der Waals surface area (Å²) in [6, 6.07) is 5.91. The van der Waals surface area contributed by atoms with E-state index in [-0.39, 0.29) is 0 Å². The molecule has 0 heterocycles. The molecule has 0 saturated carbocycles. The zero-order valence-electron chi connectivity index (χ0n) is 11.9. The minimum atomic E-state index is 0.634. The standard InChI is InChI=1S/C15H23NO3/c1-4-19-14-8-7-13(12-15(14)18-3)6-5-9-16-10-11-17-2/h5-8,12,16H,4,9-11H2,1-3H3. The molecule has 4 heteroatoms. The molecule has 0 bridgehead atoms. The Kier molecular flexibility index (Phi) is 7.70. The predicted octanol–water partition coefficient (Wildman–Crippen LogP) is 2.34. The minimum absolute atomic E-state index is 0.634. The summed E-state index contributed by atoms with van der Waals surface area (Å²) in [6.45, 7) is 4.99. The highest BCUT2D eigenvalue weighted by Crippen LogP contribution is 2.28. The second kappa shape index (κ2) is 9.42. The van der Waals surface area contributed by atoms with Crippen LogP contribution in [0.2, 0.25) is 0 Å². The van der Waals surface area contributed by atoms with Crippen LogP contribution < -0.4 is 14.8 Å². The Hall–Kier alpha value is -1.52. The molecule has 0 aromatic heterocycles. The molecule has 0 fully saturated rings. The first-order valence-electron chi connectivity index (χ1n) is 6.48. The summed E-state index contributed by atoms with van der Waals surface area (Å²) in [6.07, 6.45) is 4.13. The molecule has 0 aliphatic rings. The number of methoxy groups -OCH3 is 2. The molecule has 0 saturated heterocycles. The zero-order valence-corrected chi connectivity index (χ0v) is 11.9. The van der Waals surface area contributed by atoms with Crippen molar-refractivity contribution in [2.45, 2.75) is 6.92 Å². The van der Waals surface area contributed by atoms with Gasteiger partial charge < -0.3 is 19.5 Å². The lowest BCUT2D eigenvalue weighted by molar-refractivity contribution is 0.200. The lowest BCUT2D eigenvalue weighted by atomic mass is 10.2. The van der Waals surface area contributed by atoms with Gasteiger partial charge in [0, 0.05) is 20.2 Å². The van der Waals surface area contributed by atoms with Gasteiger partial charge in [0.1, 0.15) is 0 Å². The average molecular weight is 265 g/mol. The normalized spacial score (nSPS) is 10.9. The topological polar surface area (TPSA) is 39.7 Å². The maximum atomic E-state index is 5.48. The molecule has 0 aliphatic heterocycles. The van der Waals surface area contributed by atoms with Gasteiger partial charge in [-0.2, -0.15) is 0 Å². The highest BCUT2D eigenvalue weighted by atomic mass is 16.5. The van der Waals surface area contributed by atoms with E-state index in [1.54, 1.807) is 14.2 Å². The Morgan fingerprint density at radius 1 is 1.21 bits per heavy atom. The fraction of sp³-hybridized carbons (Fsp3) is 0.467. The molecule has 1 rings (SSSR count). The van der Waals surface area contributed by atoms with Crippen molar-refractivity contribution >= 4 is 6.08 Å². The van der Waals surface area contributed by atoms with E-state index in [9.17, 15) is 0 Å². The van der Waals surface area contributed by atoms with Crippen LogP contribution in [0.1, 0.15) is 12.5 Å². The molecule has 0 unspecified atom stereocenters. The minimum Gasteiger partial charge on any atom is -0.493 e. The second-order valence-electron chi connectivity index (χ2n) is 3.94. The van der Waals surface area contributed by atoms with E-state index < -0.39 is 0 Å². The summed E-state index contributed by atoms with van der Waals surface area (Å²) in [5.41, 5.74) is 1.09. The third-order valence-electron chi connectivity index (χ3n) is 2.54. The third-order valence-corrected chi connectivity index (χ3v) is 2.54. The summed E-state index contributed by atoms with van der Waals surface area (Å²) >= 11 is 0. The van der Waals surface area contributed by atoms with Crippen molar-refractivity contribution in [1.82, 2.24) is 5.32 Å². The van der Waals surface area contributed by atoms with Gasteiger partial charge in [-0.3, -0.25) is 0 Å². The van der Waals surface area contributed by atoms with Gasteiger partial charge in [-0.15, -0.1) is 0 Å². The number of rotatable bonds is 9. The largest absolute Gasteiger partial charge is 0.493 e. The number of benzene rings is 1. The van der Waals surface area contributed by atoms with Crippen molar-refractivity contribution < 1.29 is 14.2 Å². The molecular weight excluding hydrogens is 242 g/mol. The number of hydrogen-bond acceptors (Lipinski definition) is 4. The van der Waals surface area contributed by atoms with Crippen LogP contribution in [0, 0.1) is 0 Å². The SMILES string of the molecule is CCOc1ccc(C=CCNCCOC)cc1OC. The number of ether oxygens (including phenoxy) is 3. The summed E-state index contributed by atoms with van der Waals surface area (Å²) in [7, 11) is 3.35. The van der Waals surface area contributed by atoms with Gasteiger partial charge in [0.25, 0.3) is 0 Å². The summed E-state index contributed by atoms with van der Waals surface area (Å²) < 4.78 is 15.7. The molecule has 1 aromatic rings. The molecule has 106 valence electrons. The average Bonchev–Trinajstić information content (AvgIpc) is 2.44. The van der Waals surface area contributed by atoms with E-state index in [0.29, 0.717) is 6.61 Å². The van der Waals surface area contributed by atoms with Crippen molar-refractivity contribution in [3.63, 3.8) is 0 Å². The quantitative estimate of drug-likeness (QED) is 0.696. The van der Waals surface area contributed by atoms with E-state index in [1.165, 1.54) is 0 Å². The number of nitrogens with one attached hydrogen (secondary N) is 1. The molecule has 0 radical (unpaired) electrons. The maximum absolute atomic E-state index is 5.48. The second-order valence-corrected chi connectivity index (χ2v) is 3.94. The van der Waals surface area contributed by atoms with Crippen molar-refractivity contribution in [2.75, 3.05) is 40.5 Å². The fourth-order valence-electron chi connectivity index (χ4n) is 1.62. The van der Waals surface area contributed by atoms with Crippen LogP contribution in [0.5, 0.6) is 11.5 Å². The van der Waals surface area contributed by atoms with Crippen LogP contribution in [0.15, 0.2) is 24.3 Å². The van der Waals surface area contributed by atoms with E-state index >= 15 is 0 Å². The molecule has 0 spiro atoms. The van der Waals surface area contributed by atoms with Crippen LogP contribution in [-0.2, 0) is 4.74 Å². The summed E-state index contributed by atoms with van der Waals surface area (Å²) in [4.78, 5) is 0. The van der Waals surface area contributed by atoms with E-state index in [0.717, 1.165) is 36.8 Å². The van der Waals surface area contributed by atoms with Gasteiger partial charge in [-0.25, -0.2) is 0 Å². The Labute approximate surface area is 115 Å². The van der Waals surface area contributed by atoms with Crippen LogP contribution in [0.25, 0.3) is 6.08 Å². The zero-order chi connectivity index (χ0) is 13.9. The molecule has 19 heavy (non-hydrogen) atoms.